The summed E-state index contributed by atoms with van der Waals surface area (Å²) in [4.78, 5) is 36.8. The van der Waals surface area contributed by atoms with Crippen molar-refractivity contribution in [2.75, 3.05) is 13.2 Å². The van der Waals surface area contributed by atoms with E-state index >= 15 is 0 Å². The van der Waals surface area contributed by atoms with Crippen LogP contribution < -0.4 is 0 Å². The van der Waals surface area contributed by atoms with Gasteiger partial charge in [0.05, 0.1) is 18.8 Å². The van der Waals surface area contributed by atoms with E-state index in [0.29, 0.717) is 32.1 Å². The van der Waals surface area contributed by atoms with Crippen molar-refractivity contribution in [2.24, 2.45) is 11.8 Å². The average Bonchev–Trinajstić information content (AvgIpc) is 3.37. The SMILES string of the molecule is CCCCCCCCCCCCCCCCCCC(=O)O[C@@H](CO)COC(=O)CCC/C=C\C[C@H]1[C@@H](O)CC(=O)[C@@H]1/C=C/[C@@H](O)CCCCC. The Morgan fingerprint density at radius 3 is 1.88 bits per heavy atom. The maximum absolute atomic E-state index is 12.4. The highest BCUT2D eigenvalue weighted by atomic mass is 16.6. The Hall–Kier alpha value is -2.03. The molecular formula is C42H74O8. The van der Waals surface area contributed by atoms with Crippen LogP contribution in [0.1, 0.15) is 181 Å². The Morgan fingerprint density at radius 1 is 0.760 bits per heavy atom. The van der Waals surface area contributed by atoms with Gasteiger partial charge in [0, 0.05) is 31.1 Å². The lowest BCUT2D eigenvalue weighted by Gasteiger charge is -2.17. The van der Waals surface area contributed by atoms with Crippen molar-refractivity contribution < 1.29 is 39.2 Å². The van der Waals surface area contributed by atoms with E-state index in [1.807, 2.05) is 12.2 Å². The minimum absolute atomic E-state index is 0.00253. The minimum atomic E-state index is -0.854. The number of carbonyl (C=O) groups excluding carboxylic acids is 3. The molecule has 0 aliphatic heterocycles. The fourth-order valence-corrected chi connectivity index (χ4v) is 6.65. The third kappa shape index (κ3) is 24.2. The van der Waals surface area contributed by atoms with Crippen molar-refractivity contribution in [3.63, 3.8) is 0 Å². The second-order valence-electron chi connectivity index (χ2n) is 14.5. The highest BCUT2D eigenvalue weighted by Crippen LogP contribution is 2.33. The van der Waals surface area contributed by atoms with Crippen LogP contribution >= 0.6 is 0 Å². The maximum Gasteiger partial charge on any atom is 0.306 e. The van der Waals surface area contributed by atoms with E-state index in [0.717, 1.165) is 38.5 Å². The summed E-state index contributed by atoms with van der Waals surface area (Å²) >= 11 is 0. The molecule has 0 saturated heterocycles. The van der Waals surface area contributed by atoms with E-state index < -0.39 is 36.8 Å². The molecule has 0 aromatic carbocycles. The van der Waals surface area contributed by atoms with Gasteiger partial charge < -0.3 is 24.8 Å². The zero-order valence-electron chi connectivity index (χ0n) is 31.9. The maximum atomic E-state index is 12.4. The molecule has 1 aliphatic carbocycles. The molecule has 0 aromatic rings. The molecular weight excluding hydrogens is 632 g/mol. The van der Waals surface area contributed by atoms with Crippen molar-refractivity contribution in [1.29, 1.82) is 0 Å². The zero-order valence-corrected chi connectivity index (χ0v) is 31.9. The molecule has 0 radical (unpaired) electrons. The molecule has 0 amide bonds. The number of aliphatic hydroxyl groups is 3. The molecule has 0 spiro atoms. The predicted molar refractivity (Wildman–Crippen MR) is 202 cm³/mol. The molecule has 0 unspecified atom stereocenters. The second-order valence-corrected chi connectivity index (χ2v) is 14.5. The van der Waals surface area contributed by atoms with Gasteiger partial charge in [-0.05, 0) is 32.1 Å². The number of aliphatic hydroxyl groups excluding tert-OH is 3. The number of hydrogen-bond acceptors (Lipinski definition) is 8. The molecule has 0 heterocycles. The van der Waals surface area contributed by atoms with Crippen LogP contribution in [-0.2, 0) is 23.9 Å². The van der Waals surface area contributed by atoms with E-state index in [1.54, 1.807) is 12.2 Å². The first-order valence-electron chi connectivity index (χ1n) is 20.5. The van der Waals surface area contributed by atoms with Gasteiger partial charge in [-0.2, -0.15) is 0 Å². The lowest BCUT2D eigenvalue weighted by molar-refractivity contribution is -0.161. The molecule has 1 fully saturated rings. The Bertz CT molecular complexity index is 915. The van der Waals surface area contributed by atoms with Crippen LogP contribution in [0.2, 0.25) is 0 Å². The van der Waals surface area contributed by atoms with Crippen LogP contribution in [0.15, 0.2) is 24.3 Å². The first kappa shape index (κ1) is 46.0. The Labute approximate surface area is 304 Å². The molecule has 0 bridgehead atoms. The molecule has 290 valence electrons. The van der Waals surface area contributed by atoms with E-state index in [1.165, 1.54) is 83.5 Å². The summed E-state index contributed by atoms with van der Waals surface area (Å²) in [6.45, 7) is 3.82. The summed E-state index contributed by atoms with van der Waals surface area (Å²) in [5.74, 6) is -1.39. The van der Waals surface area contributed by atoms with Crippen molar-refractivity contribution in [3.8, 4) is 0 Å². The molecule has 8 heteroatoms. The lowest BCUT2D eigenvalue weighted by atomic mass is 9.90. The van der Waals surface area contributed by atoms with Gasteiger partial charge in [0.1, 0.15) is 12.4 Å². The number of esters is 2. The topological polar surface area (TPSA) is 130 Å². The van der Waals surface area contributed by atoms with Gasteiger partial charge in [-0.3, -0.25) is 14.4 Å². The van der Waals surface area contributed by atoms with Gasteiger partial charge >= 0.3 is 11.9 Å². The highest BCUT2D eigenvalue weighted by Gasteiger charge is 2.39. The van der Waals surface area contributed by atoms with E-state index in [9.17, 15) is 29.7 Å². The van der Waals surface area contributed by atoms with Crippen molar-refractivity contribution in [1.82, 2.24) is 0 Å². The summed E-state index contributed by atoms with van der Waals surface area (Å²) < 4.78 is 10.6. The molecule has 5 atom stereocenters. The van der Waals surface area contributed by atoms with Crippen molar-refractivity contribution >= 4 is 17.7 Å². The summed E-state index contributed by atoms with van der Waals surface area (Å²) in [5.41, 5.74) is 0. The van der Waals surface area contributed by atoms with E-state index in [2.05, 4.69) is 13.8 Å². The zero-order chi connectivity index (χ0) is 36.7. The molecule has 8 nitrogen and oxygen atoms in total. The summed E-state index contributed by atoms with van der Waals surface area (Å²) in [6.07, 6.45) is 31.7. The van der Waals surface area contributed by atoms with Crippen LogP contribution in [-0.4, -0.2) is 64.6 Å². The Kier molecular flexibility index (Phi) is 29.1. The van der Waals surface area contributed by atoms with Crippen molar-refractivity contribution in [3.05, 3.63) is 24.3 Å². The highest BCUT2D eigenvalue weighted by molar-refractivity contribution is 5.86. The van der Waals surface area contributed by atoms with Gasteiger partial charge in [-0.1, -0.05) is 154 Å². The standard InChI is InChI=1S/C42H74O8/c1-3-5-7-8-9-10-11-12-13-14-15-16-17-18-19-25-29-42(48)50-36(33-43)34-49-41(47)28-24-21-20-23-27-37-38(40(46)32-39(37)45)31-30-35(44)26-22-6-4-2/h20,23,30-31,35-39,43-45H,3-19,21-22,24-29,32-34H2,1-2H3/b23-20-,31-30+/t35-,36-,37+,38+,39-/m0/s1. The van der Waals surface area contributed by atoms with Gasteiger partial charge in [-0.15, -0.1) is 0 Å². The molecule has 1 aliphatic rings. The van der Waals surface area contributed by atoms with E-state index in [-0.39, 0.29) is 37.1 Å². The molecule has 1 rings (SSSR count). The van der Waals surface area contributed by atoms with Crippen LogP contribution in [0.4, 0.5) is 0 Å². The number of rotatable bonds is 33. The molecule has 3 N–H and O–H groups in total. The quantitative estimate of drug-likeness (QED) is 0.0350. The summed E-state index contributed by atoms with van der Waals surface area (Å²) in [7, 11) is 0. The Morgan fingerprint density at radius 2 is 1.30 bits per heavy atom. The van der Waals surface area contributed by atoms with Crippen LogP contribution in [0.3, 0.4) is 0 Å². The number of unbranched alkanes of at least 4 members (excludes halogenated alkanes) is 18. The van der Waals surface area contributed by atoms with Gasteiger partial charge in [0.25, 0.3) is 0 Å². The van der Waals surface area contributed by atoms with Gasteiger partial charge in [-0.25, -0.2) is 0 Å². The average molecular weight is 707 g/mol. The van der Waals surface area contributed by atoms with Crippen LogP contribution in [0.25, 0.3) is 0 Å². The fourth-order valence-electron chi connectivity index (χ4n) is 6.65. The summed E-state index contributed by atoms with van der Waals surface area (Å²) in [5, 5.41) is 30.2. The third-order valence-corrected chi connectivity index (χ3v) is 9.87. The first-order valence-corrected chi connectivity index (χ1v) is 20.5. The van der Waals surface area contributed by atoms with Crippen molar-refractivity contribution in [2.45, 2.75) is 199 Å². The monoisotopic (exact) mass is 707 g/mol. The number of allylic oxidation sites excluding steroid dienone is 3. The summed E-state index contributed by atoms with van der Waals surface area (Å²) in [6, 6.07) is 0. The number of Topliss-reactive ketones (excluding diaryl/α,β-unsaturated/α-hetero) is 1. The largest absolute Gasteiger partial charge is 0.462 e. The number of carbonyl (C=O) groups is 3. The minimum Gasteiger partial charge on any atom is -0.462 e. The van der Waals surface area contributed by atoms with Crippen LogP contribution in [0.5, 0.6) is 0 Å². The number of ether oxygens (including phenoxy) is 2. The van der Waals surface area contributed by atoms with Gasteiger partial charge in [0.2, 0.25) is 0 Å². The second kappa shape index (κ2) is 31.7. The number of hydrogen-bond donors (Lipinski definition) is 3. The molecule has 1 saturated carbocycles. The van der Waals surface area contributed by atoms with Gasteiger partial charge in [0.15, 0.2) is 6.10 Å². The molecule has 50 heavy (non-hydrogen) atoms. The first-order chi connectivity index (χ1) is 24.3. The normalized spacial score (nSPS) is 19.1. The van der Waals surface area contributed by atoms with E-state index in [4.69, 9.17) is 9.47 Å². The smallest absolute Gasteiger partial charge is 0.306 e. The Balaban J connectivity index is 2.09. The third-order valence-electron chi connectivity index (χ3n) is 9.87. The number of ketones is 1. The predicted octanol–water partition coefficient (Wildman–Crippen LogP) is 9.27. The van der Waals surface area contributed by atoms with Crippen LogP contribution in [0, 0.1) is 11.8 Å². The molecule has 0 aromatic heterocycles. The fraction of sp³-hybridized carbons (Fsp3) is 0.833. The lowest BCUT2D eigenvalue weighted by Crippen LogP contribution is -2.28.